The molecule has 0 atom stereocenters. The zero-order valence-corrected chi connectivity index (χ0v) is 14.9. The first-order valence-corrected chi connectivity index (χ1v) is 8.71. The average Bonchev–Trinajstić information content (AvgIpc) is 2.97. The smallest absolute Gasteiger partial charge is 0.249 e. The first kappa shape index (κ1) is 16.8. The molecule has 0 unspecified atom stereocenters. The number of para-hydroxylation sites is 1. The van der Waals surface area contributed by atoms with Crippen LogP contribution in [0.25, 0.3) is 21.8 Å². The Kier molecular flexibility index (Phi) is 4.12. The molecule has 4 aromatic rings. The van der Waals surface area contributed by atoms with Gasteiger partial charge in [-0.1, -0.05) is 36.4 Å². The molecule has 134 valence electrons. The summed E-state index contributed by atoms with van der Waals surface area (Å²) < 4.78 is 2.19. The number of hydrogen-bond donors (Lipinski definition) is 2. The van der Waals surface area contributed by atoms with E-state index >= 15 is 0 Å². The van der Waals surface area contributed by atoms with Crippen molar-refractivity contribution in [3.63, 3.8) is 0 Å². The maximum absolute atomic E-state index is 11.9. The number of nitrogens with two attached hydrogens (primary N) is 1. The molecule has 5 nitrogen and oxygen atoms in total. The monoisotopic (exact) mass is 357 g/mol. The summed E-state index contributed by atoms with van der Waals surface area (Å²) in [4.78, 5) is 23.1. The predicted molar refractivity (Wildman–Crippen MR) is 108 cm³/mol. The summed E-state index contributed by atoms with van der Waals surface area (Å²) in [6.07, 6.45) is 0. The summed E-state index contributed by atoms with van der Waals surface area (Å²) in [6, 6.07) is 21.4. The van der Waals surface area contributed by atoms with E-state index in [4.69, 9.17) is 5.73 Å². The highest BCUT2D eigenvalue weighted by Gasteiger charge is 2.16. The summed E-state index contributed by atoms with van der Waals surface area (Å²) in [6.45, 7) is 2.13. The van der Waals surface area contributed by atoms with Crippen molar-refractivity contribution in [1.82, 2.24) is 4.57 Å². The molecule has 0 bridgehead atoms. The number of nitrogens with zero attached hydrogens (tertiary/aromatic N) is 1. The minimum atomic E-state index is -0.428. The van der Waals surface area contributed by atoms with E-state index in [-0.39, 0.29) is 5.91 Å². The number of primary amides is 1. The van der Waals surface area contributed by atoms with Crippen LogP contribution in [0.5, 0.6) is 0 Å². The summed E-state index contributed by atoms with van der Waals surface area (Å²) in [5, 5.41) is 4.67. The summed E-state index contributed by atoms with van der Waals surface area (Å²) in [5.74, 6) is -0.521. The molecule has 0 spiro atoms. The fourth-order valence-corrected chi connectivity index (χ4v) is 3.55. The Morgan fingerprint density at radius 2 is 1.63 bits per heavy atom. The molecule has 3 aromatic carbocycles. The fraction of sp³-hybridized carbons (Fsp3) is 0.0909. The number of carbonyl (C=O) groups excluding carboxylic acids is 2. The molecule has 3 N–H and O–H groups in total. The number of nitrogens with one attached hydrogen (secondary N) is 1. The van der Waals surface area contributed by atoms with Crippen molar-refractivity contribution in [1.29, 1.82) is 0 Å². The highest BCUT2D eigenvalue weighted by molar-refractivity contribution is 6.17. The molecule has 0 radical (unpaired) electrons. The van der Waals surface area contributed by atoms with Crippen LogP contribution in [0.15, 0.2) is 66.7 Å². The largest absolute Gasteiger partial charge is 0.366 e. The lowest BCUT2D eigenvalue weighted by Gasteiger charge is -2.09. The van der Waals surface area contributed by atoms with Gasteiger partial charge < -0.3 is 15.6 Å². The summed E-state index contributed by atoms with van der Waals surface area (Å²) in [7, 11) is 0. The lowest BCUT2D eigenvalue weighted by molar-refractivity contribution is -0.114. The average molecular weight is 357 g/mol. The van der Waals surface area contributed by atoms with Crippen molar-refractivity contribution in [3.05, 3.63) is 77.9 Å². The number of carbonyl (C=O) groups is 2. The van der Waals surface area contributed by atoms with Crippen molar-refractivity contribution < 1.29 is 9.59 Å². The Balaban J connectivity index is 1.85. The van der Waals surface area contributed by atoms with E-state index in [2.05, 4.69) is 9.88 Å². The van der Waals surface area contributed by atoms with E-state index in [1.807, 2.05) is 60.7 Å². The van der Waals surface area contributed by atoms with E-state index in [1.165, 1.54) is 6.92 Å². The molecule has 1 aromatic heterocycles. The molecule has 5 heteroatoms. The van der Waals surface area contributed by atoms with Gasteiger partial charge in [-0.05, 0) is 35.9 Å². The highest BCUT2D eigenvalue weighted by Crippen LogP contribution is 2.32. The SMILES string of the molecule is CC(=O)Nc1ccc(Cn2c3ccccc3c3c(C(N)=O)cccc32)cc1. The molecular formula is C22H19N3O2. The second kappa shape index (κ2) is 6.61. The van der Waals surface area contributed by atoms with Gasteiger partial charge in [-0.15, -0.1) is 0 Å². The van der Waals surface area contributed by atoms with Gasteiger partial charge in [0.2, 0.25) is 11.8 Å². The lowest BCUT2D eigenvalue weighted by Crippen LogP contribution is -2.11. The van der Waals surface area contributed by atoms with Gasteiger partial charge in [-0.3, -0.25) is 9.59 Å². The van der Waals surface area contributed by atoms with Crippen LogP contribution in [0.4, 0.5) is 5.69 Å². The summed E-state index contributed by atoms with van der Waals surface area (Å²) >= 11 is 0. The van der Waals surface area contributed by atoms with Crippen molar-refractivity contribution >= 4 is 39.3 Å². The minimum Gasteiger partial charge on any atom is -0.366 e. The zero-order valence-electron chi connectivity index (χ0n) is 14.9. The van der Waals surface area contributed by atoms with Gasteiger partial charge in [0.15, 0.2) is 0 Å². The Morgan fingerprint density at radius 1 is 0.926 bits per heavy atom. The van der Waals surface area contributed by atoms with Gasteiger partial charge in [0, 0.05) is 41.0 Å². The third kappa shape index (κ3) is 3.04. The minimum absolute atomic E-state index is 0.0934. The van der Waals surface area contributed by atoms with Crippen molar-refractivity contribution in [2.75, 3.05) is 5.32 Å². The molecule has 0 saturated carbocycles. The third-order valence-electron chi connectivity index (χ3n) is 4.68. The summed E-state index contributed by atoms with van der Waals surface area (Å²) in [5.41, 5.74) is 10.0. The molecule has 2 amide bonds. The quantitative estimate of drug-likeness (QED) is 0.581. The number of rotatable bonds is 4. The standard InChI is InChI=1S/C22H19N3O2/c1-14(26)24-16-11-9-15(10-12-16)13-25-19-7-3-2-5-17(19)21-18(22(23)27)6-4-8-20(21)25/h2-12H,13H2,1H3,(H2,23,27)(H,24,26). The van der Waals surface area contributed by atoms with Gasteiger partial charge in [0.25, 0.3) is 0 Å². The van der Waals surface area contributed by atoms with E-state index in [1.54, 1.807) is 6.07 Å². The van der Waals surface area contributed by atoms with Gasteiger partial charge in [-0.2, -0.15) is 0 Å². The van der Waals surface area contributed by atoms with E-state index in [0.717, 1.165) is 33.1 Å². The molecule has 1 heterocycles. The van der Waals surface area contributed by atoms with Crippen LogP contribution in [-0.2, 0) is 11.3 Å². The first-order chi connectivity index (χ1) is 13.0. The zero-order chi connectivity index (χ0) is 19.0. The highest BCUT2D eigenvalue weighted by atomic mass is 16.1. The molecule has 4 rings (SSSR count). The Hall–Kier alpha value is -3.60. The third-order valence-corrected chi connectivity index (χ3v) is 4.68. The van der Waals surface area contributed by atoms with E-state index in [0.29, 0.717) is 12.1 Å². The number of amides is 2. The molecular weight excluding hydrogens is 338 g/mol. The Labute approximate surface area is 156 Å². The molecule has 0 aliphatic rings. The van der Waals surface area contributed by atoms with Crippen LogP contribution in [0.3, 0.4) is 0 Å². The van der Waals surface area contributed by atoms with Crippen LogP contribution >= 0.6 is 0 Å². The van der Waals surface area contributed by atoms with E-state index in [9.17, 15) is 9.59 Å². The maximum atomic E-state index is 11.9. The van der Waals surface area contributed by atoms with Crippen LogP contribution in [0.1, 0.15) is 22.8 Å². The molecule has 0 saturated heterocycles. The Bertz CT molecular complexity index is 1170. The second-order valence-corrected chi connectivity index (χ2v) is 6.55. The van der Waals surface area contributed by atoms with Crippen molar-refractivity contribution in [2.45, 2.75) is 13.5 Å². The normalized spacial score (nSPS) is 11.0. The van der Waals surface area contributed by atoms with Crippen LogP contribution < -0.4 is 11.1 Å². The van der Waals surface area contributed by atoms with Gasteiger partial charge in [0.1, 0.15) is 0 Å². The molecule has 0 fully saturated rings. The first-order valence-electron chi connectivity index (χ1n) is 8.71. The lowest BCUT2D eigenvalue weighted by atomic mass is 10.1. The number of aromatic nitrogens is 1. The van der Waals surface area contributed by atoms with Gasteiger partial charge >= 0.3 is 0 Å². The topological polar surface area (TPSA) is 77.1 Å². The Morgan fingerprint density at radius 3 is 2.33 bits per heavy atom. The van der Waals surface area contributed by atoms with E-state index < -0.39 is 5.91 Å². The number of anilines is 1. The second-order valence-electron chi connectivity index (χ2n) is 6.55. The van der Waals surface area contributed by atoms with Gasteiger partial charge in [0.05, 0.1) is 5.52 Å². The molecule has 0 aliphatic heterocycles. The number of benzene rings is 3. The maximum Gasteiger partial charge on any atom is 0.249 e. The fourth-order valence-electron chi connectivity index (χ4n) is 3.55. The number of hydrogen-bond acceptors (Lipinski definition) is 2. The van der Waals surface area contributed by atoms with Crippen molar-refractivity contribution in [3.8, 4) is 0 Å². The molecule has 0 aliphatic carbocycles. The van der Waals surface area contributed by atoms with Crippen LogP contribution in [-0.4, -0.2) is 16.4 Å². The van der Waals surface area contributed by atoms with Crippen molar-refractivity contribution in [2.24, 2.45) is 5.73 Å². The van der Waals surface area contributed by atoms with Gasteiger partial charge in [-0.25, -0.2) is 0 Å². The number of fused-ring (bicyclic) bond motifs is 3. The predicted octanol–water partition coefficient (Wildman–Crippen LogP) is 3.90. The van der Waals surface area contributed by atoms with Crippen LogP contribution in [0, 0.1) is 0 Å². The molecule has 27 heavy (non-hydrogen) atoms. The van der Waals surface area contributed by atoms with Crippen LogP contribution in [0.2, 0.25) is 0 Å².